The van der Waals surface area contributed by atoms with Gasteiger partial charge in [-0.15, -0.1) is 0 Å². The zero-order valence-corrected chi connectivity index (χ0v) is 11.6. The van der Waals surface area contributed by atoms with Gasteiger partial charge in [0.2, 0.25) is 5.91 Å². The number of anilines is 1. The minimum atomic E-state index is -0.576. The molecule has 1 unspecified atom stereocenters. The van der Waals surface area contributed by atoms with E-state index < -0.39 is 6.04 Å². The van der Waals surface area contributed by atoms with Crippen LogP contribution in [-0.2, 0) is 4.79 Å². The summed E-state index contributed by atoms with van der Waals surface area (Å²) in [6, 6.07) is 6.06. The summed E-state index contributed by atoms with van der Waals surface area (Å²) in [5, 5.41) is 5.41. The first-order valence-corrected chi connectivity index (χ1v) is 6.34. The molecule has 1 atom stereocenters. The number of carbonyl (C=O) groups excluding carboxylic acids is 2. The molecule has 104 valence electrons. The predicted octanol–water partition coefficient (Wildman–Crippen LogP) is 1.16. The van der Waals surface area contributed by atoms with Crippen molar-refractivity contribution >= 4 is 17.5 Å². The Morgan fingerprint density at radius 2 is 1.95 bits per heavy atom. The van der Waals surface area contributed by atoms with Gasteiger partial charge in [0, 0.05) is 17.8 Å². The van der Waals surface area contributed by atoms with E-state index in [1.54, 1.807) is 31.2 Å². The molecule has 4 N–H and O–H groups in total. The Kier molecular flexibility index (Phi) is 5.36. The normalized spacial score (nSPS) is 12.0. The predicted molar refractivity (Wildman–Crippen MR) is 75.6 cm³/mol. The molecule has 1 aromatic carbocycles. The maximum Gasteiger partial charge on any atom is 0.251 e. The lowest BCUT2D eigenvalue weighted by Gasteiger charge is -2.15. The second-order valence-corrected chi connectivity index (χ2v) is 4.96. The van der Waals surface area contributed by atoms with Crippen LogP contribution in [0, 0.1) is 5.92 Å². The van der Waals surface area contributed by atoms with Crippen molar-refractivity contribution in [2.45, 2.75) is 26.8 Å². The molecule has 0 saturated heterocycles. The zero-order chi connectivity index (χ0) is 14.4. The van der Waals surface area contributed by atoms with Crippen LogP contribution in [0.3, 0.4) is 0 Å². The summed E-state index contributed by atoms with van der Waals surface area (Å²) in [4.78, 5) is 23.6. The number of benzene rings is 1. The van der Waals surface area contributed by atoms with Crippen molar-refractivity contribution in [3.63, 3.8) is 0 Å². The molecule has 2 amide bonds. The highest BCUT2D eigenvalue weighted by Gasteiger charge is 2.16. The molecule has 0 aliphatic heterocycles. The number of nitrogens with two attached hydrogens (primary N) is 1. The van der Waals surface area contributed by atoms with Gasteiger partial charge in [0.15, 0.2) is 0 Å². The lowest BCUT2D eigenvalue weighted by atomic mass is 10.1. The van der Waals surface area contributed by atoms with E-state index >= 15 is 0 Å². The molecule has 0 spiro atoms. The van der Waals surface area contributed by atoms with Crippen molar-refractivity contribution in [1.82, 2.24) is 10.6 Å². The summed E-state index contributed by atoms with van der Waals surface area (Å²) in [6.45, 7) is 6.27. The van der Waals surface area contributed by atoms with E-state index in [9.17, 15) is 9.59 Å². The molecule has 19 heavy (non-hydrogen) atoms. The van der Waals surface area contributed by atoms with Crippen LogP contribution in [0.5, 0.6) is 0 Å². The maximum absolute atomic E-state index is 11.9. The first-order chi connectivity index (χ1) is 8.90. The fourth-order valence-corrected chi connectivity index (χ4v) is 1.48. The molecule has 1 aromatic rings. The monoisotopic (exact) mass is 263 g/mol. The van der Waals surface area contributed by atoms with Crippen LogP contribution < -0.4 is 16.4 Å². The fourth-order valence-electron chi connectivity index (χ4n) is 1.48. The Labute approximate surface area is 113 Å². The van der Waals surface area contributed by atoms with Gasteiger partial charge in [-0.2, -0.15) is 0 Å². The van der Waals surface area contributed by atoms with Crippen LogP contribution in [0.15, 0.2) is 24.3 Å². The van der Waals surface area contributed by atoms with Crippen LogP contribution in [-0.4, -0.2) is 24.4 Å². The molecule has 0 bridgehead atoms. The van der Waals surface area contributed by atoms with Crippen molar-refractivity contribution in [2.24, 2.45) is 5.92 Å². The van der Waals surface area contributed by atoms with Gasteiger partial charge in [0.1, 0.15) is 6.04 Å². The number of nitrogens with one attached hydrogen (secondary N) is 2. The van der Waals surface area contributed by atoms with Crippen LogP contribution in [0.2, 0.25) is 0 Å². The van der Waals surface area contributed by atoms with Crippen molar-refractivity contribution in [3.05, 3.63) is 29.8 Å². The molecule has 5 heteroatoms. The summed E-state index contributed by atoms with van der Waals surface area (Å²) >= 11 is 0. The van der Waals surface area contributed by atoms with E-state index in [2.05, 4.69) is 10.6 Å². The molecule has 0 heterocycles. The quantitative estimate of drug-likeness (QED) is 0.697. The highest BCUT2D eigenvalue weighted by molar-refractivity contribution is 5.98. The zero-order valence-electron chi connectivity index (χ0n) is 11.6. The Balaban J connectivity index is 2.54. The van der Waals surface area contributed by atoms with Crippen molar-refractivity contribution in [3.8, 4) is 0 Å². The maximum atomic E-state index is 11.9. The second-order valence-electron chi connectivity index (χ2n) is 4.96. The first-order valence-electron chi connectivity index (χ1n) is 6.34. The second kappa shape index (κ2) is 6.78. The van der Waals surface area contributed by atoms with Gasteiger partial charge < -0.3 is 16.4 Å². The largest absolute Gasteiger partial charge is 0.399 e. The molecule has 0 aliphatic rings. The SMILES string of the molecule is CC(C)CNC(=O)C(C)NC(=O)c1cccc(N)c1. The van der Waals surface area contributed by atoms with E-state index in [1.165, 1.54) is 0 Å². The minimum absolute atomic E-state index is 0.189. The highest BCUT2D eigenvalue weighted by Crippen LogP contribution is 2.06. The van der Waals surface area contributed by atoms with E-state index in [1.807, 2.05) is 13.8 Å². The fraction of sp³-hybridized carbons (Fsp3) is 0.429. The third kappa shape index (κ3) is 4.99. The van der Waals surface area contributed by atoms with Gasteiger partial charge in [-0.1, -0.05) is 19.9 Å². The van der Waals surface area contributed by atoms with Crippen LogP contribution >= 0.6 is 0 Å². The lowest BCUT2D eigenvalue weighted by Crippen LogP contribution is -2.45. The third-order valence-corrected chi connectivity index (χ3v) is 2.57. The van der Waals surface area contributed by atoms with Crippen molar-refractivity contribution in [2.75, 3.05) is 12.3 Å². The first kappa shape index (κ1) is 15.0. The number of hydrogen-bond donors (Lipinski definition) is 3. The van der Waals surface area contributed by atoms with Gasteiger partial charge in [-0.3, -0.25) is 9.59 Å². The summed E-state index contributed by atoms with van der Waals surface area (Å²) in [5.41, 5.74) is 6.57. The van der Waals surface area contributed by atoms with Gasteiger partial charge >= 0.3 is 0 Å². The van der Waals surface area contributed by atoms with E-state index in [-0.39, 0.29) is 11.8 Å². The smallest absolute Gasteiger partial charge is 0.251 e. The van der Waals surface area contributed by atoms with Gasteiger partial charge in [-0.05, 0) is 31.0 Å². The number of carbonyl (C=O) groups is 2. The van der Waals surface area contributed by atoms with Gasteiger partial charge in [0.05, 0.1) is 0 Å². The molecule has 0 radical (unpaired) electrons. The van der Waals surface area contributed by atoms with Crippen molar-refractivity contribution < 1.29 is 9.59 Å². The number of hydrogen-bond acceptors (Lipinski definition) is 3. The third-order valence-electron chi connectivity index (χ3n) is 2.57. The van der Waals surface area contributed by atoms with E-state index in [4.69, 9.17) is 5.73 Å². The van der Waals surface area contributed by atoms with Crippen LogP contribution in [0.1, 0.15) is 31.1 Å². The van der Waals surface area contributed by atoms with Gasteiger partial charge in [-0.25, -0.2) is 0 Å². The molecular formula is C14H21N3O2. The van der Waals surface area contributed by atoms with E-state index in [0.29, 0.717) is 23.7 Å². The molecule has 5 nitrogen and oxygen atoms in total. The molecule has 0 aromatic heterocycles. The standard InChI is InChI=1S/C14H21N3O2/c1-9(2)8-16-13(18)10(3)17-14(19)11-5-4-6-12(15)7-11/h4-7,9-10H,8,15H2,1-3H3,(H,16,18)(H,17,19). The molecular weight excluding hydrogens is 242 g/mol. The summed E-state index contributed by atoms with van der Waals surface area (Å²) in [7, 11) is 0. The Morgan fingerprint density at radius 3 is 2.53 bits per heavy atom. The molecule has 0 aliphatic carbocycles. The average molecular weight is 263 g/mol. The summed E-state index contributed by atoms with van der Waals surface area (Å²) in [6.07, 6.45) is 0. The Bertz CT molecular complexity index is 458. The molecule has 0 saturated carbocycles. The number of amides is 2. The summed E-state index contributed by atoms with van der Waals surface area (Å²) in [5.74, 6) is -0.119. The highest BCUT2D eigenvalue weighted by atomic mass is 16.2. The number of nitrogen functional groups attached to an aromatic ring is 1. The van der Waals surface area contributed by atoms with Crippen molar-refractivity contribution in [1.29, 1.82) is 0 Å². The molecule has 1 rings (SSSR count). The Morgan fingerprint density at radius 1 is 1.26 bits per heavy atom. The minimum Gasteiger partial charge on any atom is -0.399 e. The van der Waals surface area contributed by atoms with E-state index in [0.717, 1.165) is 0 Å². The Hall–Kier alpha value is -2.04. The molecule has 0 fully saturated rings. The lowest BCUT2D eigenvalue weighted by molar-refractivity contribution is -0.122. The topological polar surface area (TPSA) is 84.2 Å². The average Bonchev–Trinajstić information content (AvgIpc) is 2.35. The van der Waals surface area contributed by atoms with Crippen LogP contribution in [0.4, 0.5) is 5.69 Å². The number of rotatable bonds is 5. The van der Waals surface area contributed by atoms with Gasteiger partial charge in [0.25, 0.3) is 5.91 Å². The van der Waals surface area contributed by atoms with Crippen LogP contribution in [0.25, 0.3) is 0 Å². The summed E-state index contributed by atoms with van der Waals surface area (Å²) < 4.78 is 0.